The fraction of sp³-hybridized carbons (Fsp3) is 0.857. The van der Waals surface area contributed by atoms with Gasteiger partial charge in [0, 0.05) is 13.3 Å². The van der Waals surface area contributed by atoms with E-state index in [2.05, 4.69) is 19.1 Å². The van der Waals surface area contributed by atoms with Gasteiger partial charge in [0.25, 0.3) is 0 Å². The van der Waals surface area contributed by atoms with Crippen LogP contribution in [0.15, 0.2) is 12.2 Å². The standard InChI is InChI=1S/C28H54NO8P/c1-6-7-8-9-10-11-12-13-14-15-16-17-18-19-20-21-28(31)37-27(24-34-26(2)30)25-36-38(32,33)35-23-22-29(3,4)5/h13-14,27H,6-12,15-25H2,1-5H3/p+1/b14-13-. The first-order valence-electron chi connectivity index (χ1n) is 14.4. The highest BCUT2D eigenvalue weighted by Crippen LogP contribution is 2.43. The minimum absolute atomic E-state index is 0.0289. The van der Waals surface area contributed by atoms with Gasteiger partial charge in [-0.2, -0.15) is 0 Å². The van der Waals surface area contributed by atoms with Gasteiger partial charge in [-0.15, -0.1) is 0 Å². The number of nitrogens with zero attached hydrogens (tertiary/aromatic N) is 1. The fourth-order valence-corrected chi connectivity index (χ4v) is 4.30. The number of rotatable bonds is 25. The molecule has 0 rings (SSSR count). The third kappa shape index (κ3) is 26.4. The maximum absolute atomic E-state index is 12.2. The zero-order valence-electron chi connectivity index (χ0n) is 24.7. The van der Waals surface area contributed by atoms with E-state index in [1.54, 1.807) is 0 Å². The van der Waals surface area contributed by atoms with Crippen LogP contribution in [0, 0.1) is 0 Å². The summed E-state index contributed by atoms with van der Waals surface area (Å²) in [7, 11) is 1.46. The lowest BCUT2D eigenvalue weighted by atomic mass is 10.1. The van der Waals surface area contributed by atoms with Crippen LogP contribution in [0.5, 0.6) is 0 Å². The van der Waals surface area contributed by atoms with Crippen molar-refractivity contribution in [3.8, 4) is 0 Å². The van der Waals surface area contributed by atoms with E-state index in [4.69, 9.17) is 18.5 Å². The molecule has 2 unspecified atom stereocenters. The first kappa shape index (κ1) is 36.8. The molecule has 0 heterocycles. The Balaban J connectivity index is 4.06. The Morgan fingerprint density at radius 3 is 1.95 bits per heavy atom. The van der Waals surface area contributed by atoms with Crippen molar-refractivity contribution in [3.63, 3.8) is 0 Å². The molecular formula is C28H55NO8P+. The molecular weight excluding hydrogens is 509 g/mol. The molecule has 0 saturated carbocycles. The van der Waals surface area contributed by atoms with E-state index in [1.165, 1.54) is 51.9 Å². The smallest absolute Gasteiger partial charge is 0.462 e. The molecule has 0 amide bonds. The summed E-state index contributed by atoms with van der Waals surface area (Å²) in [4.78, 5) is 33.3. The third-order valence-electron chi connectivity index (χ3n) is 5.85. The number of esters is 2. The molecule has 0 aliphatic rings. The van der Waals surface area contributed by atoms with Crippen molar-refractivity contribution >= 4 is 19.8 Å². The molecule has 38 heavy (non-hydrogen) atoms. The molecule has 0 radical (unpaired) electrons. The van der Waals surface area contributed by atoms with Crippen molar-refractivity contribution in [2.24, 2.45) is 0 Å². The normalized spacial score (nSPS) is 14.4. The highest BCUT2D eigenvalue weighted by Gasteiger charge is 2.26. The number of likely N-dealkylation sites (N-methyl/N-ethyl adjacent to an activating group) is 1. The average molecular weight is 565 g/mol. The summed E-state index contributed by atoms with van der Waals surface area (Å²) in [5, 5.41) is 0. The summed E-state index contributed by atoms with van der Waals surface area (Å²) >= 11 is 0. The summed E-state index contributed by atoms with van der Waals surface area (Å²) < 4.78 is 32.9. The summed E-state index contributed by atoms with van der Waals surface area (Å²) in [6.07, 6.45) is 19.0. The number of unbranched alkanes of at least 4 members (excludes halogenated alkanes) is 11. The summed E-state index contributed by atoms with van der Waals surface area (Å²) in [5.74, 6) is -1.00. The lowest BCUT2D eigenvalue weighted by Crippen LogP contribution is -2.37. The summed E-state index contributed by atoms with van der Waals surface area (Å²) in [5.41, 5.74) is 0. The number of carbonyl (C=O) groups excluding carboxylic acids is 2. The second-order valence-electron chi connectivity index (χ2n) is 10.9. The van der Waals surface area contributed by atoms with Crippen LogP contribution in [0.1, 0.15) is 104 Å². The monoisotopic (exact) mass is 564 g/mol. The van der Waals surface area contributed by atoms with Gasteiger partial charge in [0.15, 0.2) is 6.10 Å². The number of hydrogen-bond donors (Lipinski definition) is 1. The maximum Gasteiger partial charge on any atom is 0.472 e. The van der Waals surface area contributed by atoms with Gasteiger partial charge in [0.2, 0.25) is 0 Å². The zero-order valence-corrected chi connectivity index (χ0v) is 25.6. The van der Waals surface area contributed by atoms with Crippen LogP contribution in [0.2, 0.25) is 0 Å². The van der Waals surface area contributed by atoms with Crippen LogP contribution in [0.3, 0.4) is 0 Å². The number of carbonyl (C=O) groups is 2. The topological polar surface area (TPSA) is 108 Å². The minimum Gasteiger partial charge on any atom is -0.462 e. The van der Waals surface area contributed by atoms with E-state index in [0.717, 1.165) is 32.1 Å². The van der Waals surface area contributed by atoms with Crippen LogP contribution >= 0.6 is 7.82 Å². The highest BCUT2D eigenvalue weighted by molar-refractivity contribution is 7.47. The van der Waals surface area contributed by atoms with Gasteiger partial charge < -0.3 is 18.9 Å². The quantitative estimate of drug-likeness (QED) is 0.0450. The maximum atomic E-state index is 12.2. The number of ether oxygens (including phenoxy) is 2. The van der Waals surface area contributed by atoms with Gasteiger partial charge in [-0.25, -0.2) is 4.57 Å². The van der Waals surface area contributed by atoms with Gasteiger partial charge in [-0.1, -0.05) is 70.4 Å². The number of phosphoric acid groups is 1. The third-order valence-corrected chi connectivity index (χ3v) is 6.84. The molecule has 1 N–H and O–H groups in total. The Kier molecular flexibility index (Phi) is 21.8. The summed E-state index contributed by atoms with van der Waals surface area (Å²) in [6.45, 7) is 3.34. The van der Waals surface area contributed by atoms with Gasteiger partial charge in [0.1, 0.15) is 19.8 Å². The molecule has 0 aliphatic heterocycles. The molecule has 10 heteroatoms. The second-order valence-corrected chi connectivity index (χ2v) is 12.3. The Bertz CT molecular complexity index is 693. The number of quaternary nitrogens is 1. The Morgan fingerprint density at radius 2 is 1.39 bits per heavy atom. The van der Waals surface area contributed by atoms with E-state index in [1.807, 2.05) is 21.1 Å². The van der Waals surface area contributed by atoms with Crippen LogP contribution in [-0.2, 0) is 32.7 Å². The van der Waals surface area contributed by atoms with Crippen LogP contribution in [0.4, 0.5) is 0 Å². The molecule has 0 aromatic rings. The van der Waals surface area contributed by atoms with Crippen molar-refractivity contribution in [2.75, 3.05) is 47.5 Å². The molecule has 0 aromatic carbocycles. The number of allylic oxidation sites excluding steroid dienone is 2. The Hall–Kier alpha value is -1.25. The van der Waals surface area contributed by atoms with E-state index in [-0.39, 0.29) is 19.6 Å². The van der Waals surface area contributed by atoms with Gasteiger partial charge in [-0.3, -0.25) is 18.6 Å². The number of phosphoric ester groups is 1. The fourth-order valence-electron chi connectivity index (χ4n) is 3.56. The molecule has 224 valence electrons. The van der Waals surface area contributed by atoms with Crippen molar-refractivity contribution in [1.82, 2.24) is 0 Å². The Labute approximate surface area is 231 Å². The molecule has 0 spiro atoms. The highest BCUT2D eigenvalue weighted by atomic mass is 31.2. The molecule has 0 aliphatic carbocycles. The largest absolute Gasteiger partial charge is 0.472 e. The van der Waals surface area contributed by atoms with E-state index in [9.17, 15) is 19.0 Å². The lowest BCUT2D eigenvalue weighted by Gasteiger charge is -2.24. The molecule has 9 nitrogen and oxygen atoms in total. The van der Waals surface area contributed by atoms with Crippen molar-refractivity contribution in [1.29, 1.82) is 0 Å². The van der Waals surface area contributed by atoms with Crippen LogP contribution in [-0.4, -0.2) is 74.9 Å². The SMILES string of the molecule is CCCCCCCC/C=C\CCCCCCCC(=O)OC(COC(C)=O)COP(=O)(O)OCC[N+](C)(C)C. The van der Waals surface area contributed by atoms with Gasteiger partial charge in [-0.05, 0) is 32.1 Å². The van der Waals surface area contributed by atoms with Crippen molar-refractivity contribution in [3.05, 3.63) is 12.2 Å². The molecule has 2 atom stereocenters. The second kappa shape index (κ2) is 22.6. The number of hydrogen-bond acceptors (Lipinski definition) is 7. The summed E-state index contributed by atoms with van der Waals surface area (Å²) in [6, 6.07) is 0. The molecule has 0 bridgehead atoms. The van der Waals surface area contributed by atoms with Gasteiger partial charge >= 0.3 is 19.8 Å². The van der Waals surface area contributed by atoms with E-state index < -0.39 is 32.5 Å². The molecule has 0 fully saturated rings. The van der Waals surface area contributed by atoms with Gasteiger partial charge in [0.05, 0.1) is 27.7 Å². The van der Waals surface area contributed by atoms with Crippen molar-refractivity contribution in [2.45, 2.75) is 110 Å². The molecule has 0 aromatic heterocycles. The van der Waals surface area contributed by atoms with Crippen molar-refractivity contribution < 1.29 is 42.1 Å². The van der Waals surface area contributed by atoms with E-state index in [0.29, 0.717) is 17.4 Å². The lowest BCUT2D eigenvalue weighted by molar-refractivity contribution is -0.870. The first-order chi connectivity index (χ1) is 17.9. The minimum atomic E-state index is -4.32. The average Bonchev–Trinajstić information content (AvgIpc) is 2.82. The van der Waals surface area contributed by atoms with Crippen LogP contribution < -0.4 is 0 Å². The van der Waals surface area contributed by atoms with E-state index >= 15 is 0 Å². The predicted octanol–water partition coefficient (Wildman–Crippen LogP) is 6.34. The zero-order chi connectivity index (χ0) is 28.7. The Morgan fingerprint density at radius 1 is 0.842 bits per heavy atom. The van der Waals surface area contributed by atoms with Crippen LogP contribution in [0.25, 0.3) is 0 Å². The predicted molar refractivity (Wildman–Crippen MR) is 151 cm³/mol. The molecule has 0 saturated heterocycles. The first-order valence-corrected chi connectivity index (χ1v) is 15.8.